The number of hydrogen-bond acceptors (Lipinski definition) is 2. The van der Waals surface area contributed by atoms with Gasteiger partial charge >= 0.3 is 7.62 Å². The maximum atomic E-state index is 5.85. The monoisotopic (exact) mass is 147 g/mol. The van der Waals surface area contributed by atoms with Gasteiger partial charge < -0.3 is 9.47 Å². The summed E-state index contributed by atoms with van der Waals surface area (Å²) in [6, 6.07) is 0. The highest BCUT2D eigenvalue weighted by molar-refractivity contribution is 6.25. The van der Waals surface area contributed by atoms with Gasteiger partial charge in [-0.3, -0.25) is 0 Å². The normalized spacial score (nSPS) is 28.9. The van der Waals surface area contributed by atoms with E-state index in [1.807, 2.05) is 0 Å². The topological polar surface area (TPSA) is 12.5 Å². The highest BCUT2D eigenvalue weighted by atomic mass is 35.5. The predicted octanol–water partition coefficient (Wildman–Crippen LogP) is 0.212. The van der Waals surface area contributed by atoms with Crippen LogP contribution in [0.2, 0.25) is 0 Å². The Morgan fingerprint density at radius 2 is 2.56 bits per heavy atom. The van der Waals surface area contributed by atoms with Crippen molar-refractivity contribution in [3.05, 3.63) is 0 Å². The van der Waals surface area contributed by atoms with Crippen molar-refractivity contribution in [3.8, 4) is 0 Å². The second-order valence-electron chi connectivity index (χ2n) is 2.38. The van der Waals surface area contributed by atoms with Crippen LogP contribution in [0.1, 0.15) is 6.42 Å². The highest BCUT2D eigenvalue weighted by Gasteiger charge is 2.20. The molecule has 0 aliphatic carbocycles. The molecule has 0 aromatic carbocycles. The Morgan fingerprint density at radius 3 is 3.00 bits per heavy atom. The second-order valence-corrected chi connectivity index (χ2v) is 3.00. The minimum absolute atomic E-state index is 0.347. The van der Waals surface area contributed by atoms with E-state index in [0.717, 1.165) is 27.1 Å². The van der Waals surface area contributed by atoms with Crippen molar-refractivity contribution in [1.29, 1.82) is 0 Å². The van der Waals surface area contributed by atoms with Crippen LogP contribution in [0.15, 0.2) is 0 Å². The van der Waals surface area contributed by atoms with E-state index < -0.39 is 0 Å². The molecular formula is C5H11BClNO. The largest absolute Gasteiger partial charge is 0.427 e. The molecule has 1 saturated heterocycles. The molecule has 0 N–H and O–H groups in total. The number of hydrogen-bond donors (Lipinski definition) is 0. The number of alkyl halides is 1. The van der Waals surface area contributed by atoms with Gasteiger partial charge in [-0.15, -0.1) is 11.6 Å². The molecule has 1 fully saturated rings. The Labute approximate surface area is 61.4 Å². The first-order chi connectivity index (χ1) is 4.33. The Morgan fingerprint density at radius 1 is 1.78 bits per heavy atom. The zero-order valence-corrected chi connectivity index (χ0v) is 6.40. The van der Waals surface area contributed by atoms with Crippen LogP contribution in [-0.2, 0) is 4.65 Å². The first-order valence-corrected chi connectivity index (χ1v) is 3.62. The maximum Gasteiger partial charge on any atom is 0.363 e. The lowest BCUT2D eigenvalue weighted by Gasteiger charge is -2.09. The fourth-order valence-corrected chi connectivity index (χ4v) is 1.38. The van der Waals surface area contributed by atoms with E-state index in [9.17, 15) is 0 Å². The molecule has 0 bridgehead atoms. The summed E-state index contributed by atoms with van der Waals surface area (Å²) in [6.45, 7) is 2.07. The van der Waals surface area contributed by atoms with Crippen LogP contribution in [0, 0.1) is 0 Å². The standard InChI is InChI=1S/C5H11BClNO/c1-9-6-8-3-2-5(7)4-8/h5-6H,2-4H2,1H3. The van der Waals surface area contributed by atoms with Crippen LogP contribution in [-0.4, -0.2) is 38.0 Å². The van der Waals surface area contributed by atoms with Crippen LogP contribution < -0.4 is 0 Å². The lowest BCUT2D eigenvalue weighted by molar-refractivity contribution is 0.371. The molecular weight excluding hydrogens is 136 g/mol. The van der Waals surface area contributed by atoms with E-state index in [0.29, 0.717) is 5.38 Å². The molecule has 9 heavy (non-hydrogen) atoms. The van der Waals surface area contributed by atoms with Crippen LogP contribution in [0.5, 0.6) is 0 Å². The van der Waals surface area contributed by atoms with Gasteiger partial charge in [0.05, 0.1) is 0 Å². The maximum absolute atomic E-state index is 5.85. The molecule has 1 aliphatic rings. The van der Waals surface area contributed by atoms with E-state index in [-0.39, 0.29) is 0 Å². The smallest absolute Gasteiger partial charge is 0.363 e. The van der Waals surface area contributed by atoms with Crippen molar-refractivity contribution < 1.29 is 4.65 Å². The fraction of sp³-hybridized carbons (Fsp3) is 1.00. The van der Waals surface area contributed by atoms with Gasteiger partial charge in [-0.25, -0.2) is 0 Å². The lowest BCUT2D eigenvalue weighted by atomic mass is 10.2. The Kier molecular flexibility index (Phi) is 2.83. The van der Waals surface area contributed by atoms with Gasteiger partial charge in [0.2, 0.25) is 0 Å². The zero-order chi connectivity index (χ0) is 6.69. The van der Waals surface area contributed by atoms with Gasteiger partial charge in [-0.1, -0.05) is 0 Å². The third kappa shape index (κ3) is 2.16. The highest BCUT2D eigenvalue weighted by Crippen LogP contribution is 2.12. The molecule has 1 heterocycles. The Bertz CT molecular complexity index is 91.0. The summed E-state index contributed by atoms with van der Waals surface area (Å²) in [6.07, 6.45) is 1.10. The van der Waals surface area contributed by atoms with Gasteiger partial charge in [0.25, 0.3) is 0 Å². The van der Waals surface area contributed by atoms with Gasteiger partial charge in [0.15, 0.2) is 0 Å². The number of nitrogens with zero attached hydrogens (tertiary/aromatic N) is 1. The van der Waals surface area contributed by atoms with E-state index in [2.05, 4.69) is 4.81 Å². The van der Waals surface area contributed by atoms with E-state index in [4.69, 9.17) is 16.3 Å². The molecule has 52 valence electrons. The predicted molar refractivity (Wildman–Crippen MR) is 40.0 cm³/mol. The van der Waals surface area contributed by atoms with Crippen molar-refractivity contribution in [2.24, 2.45) is 0 Å². The van der Waals surface area contributed by atoms with Crippen LogP contribution >= 0.6 is 11.6 Å². The number of rotatable bonds is 2. The first-order valence-electron chi connectivity index (χ1n) is 3.18. The zero-order valence-electron chi connectivity index (χ0n) is 5.64. The summed E-state index contributed by atoms with van der Waals surface area (Å²) in [7, 11) is 2.44. The Balaban J connectivity index is 2.14. The van der Waals surface area contributed by atoms with Crippen LogP contribution in [0.3, 0.4) is 0 Å². The third-order valence-corrected chi connectivity index (χ3v) is 1.88. The quantitative estimate of drug-likeness (QED) is 0.409. The summed E-state index contributed by atoms with van der Waals surface area (Å²) < 4.78 is 4.94. The van der Waals surface area contributed by atoms with Crippen LogP contribution in [0.4, 0.5) is 0 Å². The SMILES string of the molecule is COBN1CCC(Cl)C1. The van der Waals surface area contributed by atoms with Crippen molar-refractivity contribution in [2.45, 2.75) is 11.8 Å². The molecule has 0 amide bonds. The molecule has 1 aliphatic heterocycles. The molecule has 0 radical (unpaired) electrons. The third-order valence-electron chi connectivity index (χ3n) is 1.53. The Hall–Kier alpha value is 0.275. The van der Waals surface area contributed by atoms with Crippen molar-refractivity contribution in [2.75, 3.05) is 20.2 Å². The van der Waals surface area contributed by atoms with E-state index >= 15 is 0 Å². The summed E-state index contributed by atoms with van der Waals surface area (Å²) >= 11 is 5.85. The average molecular weight is 147 g/mol. The molecule has 1 unspecified atom stereocenters. The first kappa shape index (κ1) is 7.38. The second kappa shape index (κ2) is 3.45. The summed E-state index contributed by atoms with van der Waals surface area (Å²) in [5, 5.41) is 0.347. The lowest BCUT2D eigenvalue weighted by Crippen LogP contribution is -2.26. The minimum Gasteiger partial charge on any atom is -0.427 e. The van der Waals surface area contributed by atoms with Gasteiger partial charge in [-0.2, -0.15) is 0 Å². The minimum atomic E-state index is 0.347. The van der Waals surface area contributed by atoms with E-state index in [1.165, 1.54) is 0 Å². The molecule has 4 heteroatoms. The molecule has 1 atom stereocenters. The summed E-state index contributed by atoms with van der Waals surface area (Å²) in [4.78, 5) is 2.21. The summed E-state index contributed by atoms with van der Waals surface area (Å²) in [5.41, 5.74) is 0. The summed E-state index contributed by atoms with van der Waals surface area (Å²) in [5.74, 6) is 0. The van der Waals surface area contributed by atoms with Crippen molar-refractivity contribution in [3.63, 3.8) is 0 Å². The van der Waals surface area contributed by atoms with Gasteiger partial charge in [-0.05, 0) is 13.0 Å². The van der Waals surface area contributed by atoms with Gasteiger partial charge in [0.1, 0.15) is 0 Å². The van der Waals surface area contributed by atoms with Crippen molar-refractivity contribution >= 4 is 19.2 Å². The number of halogens is 1. The average Bonchev–Trinajstić information content (AvgIpc) is 2.17. The van der Waals surface area contributed by atoms with Gasteiger partial charge in [0, 0.05) is 19.0 Å². The molecule has 0 spiro atoms. The molecule has 0 aromatic heterocycles. The fourth-order valence-electron chi connectivity index (χ4n) is 1.09. The van der Waals surface area contributed by atoms with Crippen molar-refractivity contribution in [1.82, 2.24) is 4.81 Å². The molecule has 1 rings (SSSR count). The van der Waals surface area contributed by atoms with Crippen LogP contribution in [0.25, 0.3) is 0 Å². The molecule has 0 saturated carbocycles. The molecule has 2 nitrogen and oxygen atoms in total. The van der Waals surface area contributed by atoms with E-state index in [1.54, 1.807) is 7.11 Å². The molecule has 0 aromatic rings.